The number of aliphatic carboxylic acids is 1. The maximum atomic E-state index is 12.2. The molecule has 2 aromatic rings. The Balaban J connectivity index is 1.98. The zero-order chi connectivity index (χ0) is 18.2. The average molecular weight is 362 g/mol. The fourth-order valence-corrected chi connectivity index (χ4v) is 2.60. The number of hydrogen-bond acceptors (Lipinski definition) is 3. The molecule has 2 rings (SSSR count). The van der Waals surface area contributed by atoms with Crippen LogP contribution in [0.15, 0.2) is 48.5 Å². The van der Waals surface area contributed by atoms with Crippen molar-refractivity contribution in [1.82, 2.24) is 5.32 Å². The van der Waals surface area contributed by atoms with Gasteiger partial charge in [0.15, 0.2) is 0 Å². The number of benzene rings is 2. The normalized spacial score (nSPS) is 11.6. The van der Waals surface area contributed by atoms with Gasteiger partial charge in [0.25, 0.3) is 5.91 Å². The van der Waals surface area contributed by atoms with Gasteiger partial charge >= 0.3 is 5.97 Å². The van der Waals surface area contributed by atoms with Gasteiger partial charge < -0.3 is 15.2 Å². The van der Waals surface area contributed by atoms with Crippen LogP contribution in [0.25, 0.3) is 0 Å². The standard InChI is InChI=1S/C19H20ClNO4/c1-2-25-15-9-7-13(8-10-15)11-14(19(23)24)12-21-18(22)16-5-3-4-6-17(16)20/h3-10,14H,2,11-12H2,1H3,(H,21,22)(H,23,24). The van der Waals surface area contributed by atoms with Crippen molar-refractivity contribution in [2.75, 3.05) is 13.2 Å². The van der Waals surface area contributed by atoms with Crippen molar-refractivity contribution in [3.63, 3.8) is 0 Å². The highest BCUT2D eigenvalue weighted by molar-refractivity contribution is 6.33. The Morgan fingerprint density at radius 3 is 2.44 bits per heavy atom. The van der Waals surface area contributed by atoms with Gasteiger partial charge in [-0.15, -0.1) is 0 Å². The molecule has 0 saturated heterocycles. The van der Waals surface area contributed by atoms with Gasteiger partial charge in [-0.05, 0) is 43.2 Å². The molecule has 0 aliphatic carbocycles. The molecule has 1 unspecified atom stereocenters. The number of hydrogen-bond donors (Lipinski definition) is 2. The zero-order valence-electron chi connectivity index (χ0n) is 13.9. The van der Waals surface area contributed by atoms with Crippen molar-refractivity contribution in [2.24, 2.45) is 5.92 Å². The fraction of sp³-hybridized carbons (Fsp3) is 0.263. The van der Waals surface area contributed by atoms with E-state index in [4.69, 9.17) is 16.3 Å². The Kier molecular flexibility index (Phi) is 6.83. The SMILES string of the molecule is CCOc1ccc(CC(CNC(=O)c2ccccc2Cl)C(=O)O)cc1. The summed E-state index contributed by atoms with van der Waals surface area (Å²) in [5.74, 6) is -1.34. The molecule has 0 bridgehead atoms. The van der Waals surface area contributed by atoms with Crippen LogP contribution in [0, 0.1) is 5.92 Å². The third kappa shape index (κ3) is 5.50. The van der Waals surface area contributed by atoms with Gasteiger partial charge in [0, 0.05) is 6.54 Å². The Labute approximate surface area is 151 Å². The van der Waals surface area contributed by atoms with Crippen LogP contribution in [0.2, 0.25) is 5.02 Å². The van der Waals surface area contributed by atoms with E-state index in [0.717, 1.165) is 11.3 Å². The number of nitrogens with one attached hydrogen (secondary N) is 1. The van der Waals surface area contributed by atoms with E-state index >= 15 is 0 Å². The van der Waals surface area contributed by atoms with Gasteiger partial charge in [0.2, 0.25) is 0 Å². The van der Waals surface area contributed by atoms with E-state index in [-0.39, 0.29) is 12.5 Å². The third-order valence-electron chi connectivity index (χ3n) is 3.69. The highest BCUT2D eigenvalue weighted by Gasteiger charge is 2.20. The largest absolute Gasteiger partial charge is 0.494 e. The van der Waals surface area contributed by atoms with Crippen molar-refractivity contribution < 1.29 is 19.4 Å². The van der Waals surface area contributed by atoms with Crippen molar-refractivity contribution in [1.29, 1.82) is 0 Å². The smallest absolute Gasteiger partial charge is 0.308 e. The lowest BCUT2D eigenvalue weighted by Crippen LogP contribution is -2.34. The summed E-state index contributed by atoms with van der Waals surface area (Å²) in [7, 11) is 0. The molecule has 6 heteroatoms. The summed E-state index contributed by atoms with van der Waals surface area (Å²) in [6.07, 6.45) is 0.310. The van der Waals surface area contributed by atoms with Gasteiger partial charge in [-0.3, -0.25) is 9.59 Å². The maximum Gasteiger partial charge on any atom is 0.308 e. The first-order valence-corrected chi connectivity index (χ1v) is 8.36. The molecule has 0 fully saturated rings. The maximum absolute atomic E-state index is 12.2. The van der Waals surface area contributed by atoms with Crippen LogP contribution < -0.4 is 10.1 Å². The molecular weight excluding hydrogens is 342 g/mol. The number of halogens is 1. The predicted molar refractivity (Wildman–Crippen MR) is 96.2 cm³/mol. The highest BCUT2D eigenvalue weighted by atomic mass is 35.5. The van der Waals surface area contributed by atoms with Crippen LogP contribution in [-0.4, -0.2) is 30.1 Å². The van der Waals surface area contributed by atoms with E-state index in [1.807, 2.05) is 19.1 Å². The number of ether oxygens (including phenoxy) is 1. The molecule has 1 atom stereocenters. The van der Waals surface area contributed by atoms with Gasteiger partial charge in [-0.1, -0.05) is 35.9 Å². The zero-order valence-corrected chi connectivity index (χ0v) is 14.6. The molecule has 0 spiro atoms. The minimum atomic E-state index is -0.964. The lowest BCUT2D eigenvalue weighted by atomic mass is 9.99. The molecule has 25 heavy (non-hydrogen) atoms. The van der Waals surface area contributed by atoms with Crippen molar-refractivity contribution in [3.8, 4) is 5.75 Å². The van der Waals surface area contributed by atoms with E-state index in [9.17, 15) is 14.7 Å². The fourth-order valence-electron chi connectivity index (χ4n) is 2.38. The Morgan fingerprint density at radius 1 is 1.16 bits per heavy atom. The van der Waals surface area contributed by atoms with Gasteiger partial charge in [-0.25, -0.2) is 0 Å². The molecule has 0 saturated carbocycles. The van der Waals surface area contributed by atoms with Crippen LogP contribution in [0.3, 0.4) is 0 Å². The highest BCUT2D eigenvalue weighted by Crippen LogP contribution is 2.17. The average Bonchev–Trinajstić information content (AvgIpc) is 2.60. The minimum Gasteiger partial charge on any atom is -0.494 e. The summed E-state index contributed by atoms with van der Waals surface area (Å²) in [5, 5.41) is 12.4. The second kappa shape index (κ2) is 9.08. The molecule has 0 aliphatic heterocycles. The van der Waals surface area contributed by atoms with E-state index in [1.165, 1.54) is 0 Å². The lowest BCUT2D eigenvalue weighted by molar-refractivity contribution is -0.141. The number of carbonyl (C=O) groups is 2. The van der Waals surface area contributed by atoms with Gasteiger partial charge in [0.05, 0.1) is 23.1 Å². The second-order valence-corrected chi connectivity index (χ2v) is 5.91. The molecular formula is C19H20ClNO4. The number of carbonyl (C=O) groups excluding carboxylic acids is 1. The van der Waals surface area contributed by atoms with Gasteiger partial charge in [0.1, 0.15) is 5.75 Å². The summed E-state index contributed by atoms with van der Waals surface area (Å²) < 4.78 is 5.37. The summed E-state index contributed by atoms with van der Waals surface area (Å²) in [4.78, 5) is 23.6. The van der Waals surface area contributed by atoms with E-state index in [2.05, 4.69) is 5.32 Å². The van der Waals surface area contributed by atoms with Crippen molar-refractivity contribution in [3.05, 3.63) is 64.7 Å². The summed E-state index contributed by atoms with van der Waals surface area (Å²) in [6.45, 7) is 2.49. The summed E-state index contributed by atoms with van der Waals surface area (Å²) in [5.41, 5.74) is 1.19. The molecule has 0 aliphatic rings. The van der Waals surface area contributed by atoms with Crippen LogP contribution in [0.1, 0.15) is 22.8 Å². The molecule has 0 heterocycles. The van der Waals surface area contributed by atoms with E-state index in [0.29, 0.717) is 23.6 Å². The van der Waals surface area contributed by atoms with Crippen molar-refractivity contribution in [2.45, 2.75) is 13.3 Å². The van der Waals surface area contributed by atoms with E-state index < -0.39 is 11.9 Å². The van der Waals surface area contributed by atoms with Crippen LogP contribution in [0.4, 0.5) is 0 Å². The number of amides is 1. The summed E-state index contributed by atoms with van der Waals surface area (Å²) in [6, 6.07) is 13.9. The Bertz CT molecular complexity index is 730. The number of carboxylic acid groups (broad SMARTS) is 1. The van der Waals surface area contributed by atoms with Gasteiger partial charge in [-0.2, -0.15) is 0 Å². The first kappa shape index (κ1) is 18.8. The Morgan fingerprint density at radius 2 is 1.84 bits per heavy atom. The monoisotopic (exact) mass is 361 g/mol. The molecule has 2 N–H and O–H groups in total. The first-order chi connectivity index (χ1) is 12.0. The topological polar surface area (TPSA) is 75.6 Å². The third-order valence-corrected chi connectivity index (χ3v) is 4.02. The number of carboxylic acids is 1. The van der Waals surface area contributed by atoms with Crippen molar-refractivity contribution >= 4 is 23.5 Å². The van der Waals surface area contributed by atoms with Crippen LogP contribution in [0.5, 0.6) is 5.75 Å². The van der Waals surface area contributed by atoms with Crippen LogP contribution >= 0.6 is 11.6 Å². The first-order valence-electron chi connectivity index (χ1n) is 7.98. The minimum absolute atomic E-state index is 0.0204. The molecule has 0 radical (unpaired) electrons. The molecule has 2 aromatic carbocycles. The Hall–Kier alpha value is -2.53. The summed E-state index contributed by atoms with van der Waals surface area (Å²) >= 11 is 5.98. The van der Waals surface area contributed by atoms with E-state index in [1.54, 1.807) is 36.4 Å². The molecule has 0 aromatic heterocycles. The number of rotatable bonds is 8. The predicted octanol–water partition coefficient (Wildman–Crippen LogP) is 3.41. The van der Waals surface area contributed by atoms with Crippen LogP contribution in [-0.2, 0) is 11.2 Å². The quantitative estimate of drug-likeness (QED) is 0.755. The molecule has 1 amide bonds. The lowest BCUT2D eigenvalue weighted by Gasteiger charge is -2.14. The molecule has 5 nitrogen and oxygen atoms in total. The second-order valence-electron chi connectivity index (χ2n) is 5.51. The molecule has 132 valence electrons.